The van der Waals surface area contributed by atoms with Crippen LogP contribution in [0.25, 0.3) is 0 Å². The third-order valence-corrected chi connectivity index (χ3v) is 4.41. The molecular weight excluding hydrogens is 184 g/mol. The van der Waals surface area contributed by atoms with Gasteiger partial charge in [0.25, 0.3) is 0 Å². The first kappa shape index (κ1) is 11.4. The molecule has 4 unspecified atom stereocenters. The molecule has 0 amide bonds. The molecule has 0 aromatic rings. The minimum atomic E-state index is 0.785. The fourth-order valence-electron chi connectivity index (χ4n) is 3.75. The van der Waals surface area contributed by atoms with E-state index < -0.39 is 0 Å². The van der Waals surface area contributed by atoms with E-state index in [0.29, 0.717) is 0 Å². The van der Waals surface area contributed by atoms with Crippen LogP contribution < -0.4 is 11.1 Å². The van der Waals surface area contributed by atoms with E-state index >= 15 is 0 Å². The molecule has 0 heterocycles. The Morgan fingerprint density at radius 1 is 1.27 bits per heavy atom. The van der Waals surface area contributed by atoms with E-state index in [1.807, 2.05) is 0 Å². The van der Waals surface area contributed by atoms with Crippen molar-refractivity contribution in [2.24, 2.45) is 23.5 Å². The first-order valence-electron chi connectivity index (χ1n) is 6.74. The van der Waals surface area contributed by atoms with Gasteiger partial charge in [0.15, 0.2) is 0 Å². The molecule has 2 fully saturated rings. The van der Waals surface area contributed by atoms with Crippen molar-refractivity contribution in [3.05, 3.63) is 0 Å². The molecule has 2 bridgehead atoms. The maximum absolute atomic E-state index is 5.54. The van der Waals surface area contributed by atoms with Crippen molar-refractivity contribution in [3.8, 4) is 0 Å². The molecule has 3 N–H and O–H groups in total. The van der Waals surface area contributed by atoms with Crippen molar-refractivity contribution in [1.29, 1.82) is 0 Å². The number of nitrogens with one attached hydrogen (secondary N) is 1. The first-order valence-corrected chi connectivity index (χ1v) is 6.74. The number of rotatable bonds is 4. The summed E-state index contributed by atoms with van der Waals surface area (Å²) in [7, 11) is 0. The molecule has 0 aromatic carbocycles. The smallest absolute Gasteiger partial charge is 0.0121 e. The van der Waals surface area contributed by atoms with Crippen LogP contribution in [-0.4, -0.2) is 19.1 Å². The zero-order valence-corrected chi connectivity index (χ0v) is 10.0. The summed E-state index contributed by atoms with van der Waals surface area (Å²) in [6.07, 6.45) is 8.50. The Kier molecular flexibility index (Phi) is 4.04. The molecule has 88 valence electrons. The van der Waals surface area contributed by atoms with Crippen molar-refractivity contribution in [1.82, 2.24) is 5.32 Å². The van der Waals surface area contributed by atoms with Crippen molar-refractivity contribution in [2.75, 3.05) is 13.1 Å². The second kappa shape index (κ2) is 5.31. The highest BCUT2D eigenvalue weighted by atomic mass is 14.9. The summed E-state index contributed by atoms with van der Waals surface area (Å²) in [4.78, 5) is 0. The van der Waals surface area contributed by atoms with Crippen LogP contribution in [-0.2, 0) is 0 Å². The van der Waals surface area contributed by atoms with Gasteiger partial charge in [-0.1, -0.05) is 19.8 Å². The van der Waals surface area contributed by atoms with Crippen molar-refractivity contribution in [2.45, 2.75) is 51.5 Å². The van der Waals surface area contributed by atoms with E-state index in [1.165, 1.54) is 32.1 Å². The largest absolute Gasteiger partial charge is 0.330 e. The average molecular weight is 210 g/mol. The van der Waals surface area contributed by atoms with Crippen LogP contribution in [0.1, 0.15) is 45.4 Å². The molecule has 2 aliphatic carbocycles. The highest BCUT2D eigenvalue weighted by Crippen LogP contribution is 2.42. The van der Waals surface area contributed by atoms with Crippen molar-refractivity contribution in [3.63, 3.8) is 0 Å². The van der Waals surface area contributed by atoms with Crippen LogP contribution >= 0.6 is 0 Å². The summed E-state index contributed by atoms with van der Waals surface area (Å²) in [6, 6.07) is 0.785. The lowest BCUT2D eigenvalue weighted by molar-refractivity contribution is 0.0973. The molecule has 15 heavy (non-hydrogen) atoms. The van der Waals surface area contributed by atoms with E-state index in [0.717, 1.165) is 43.3 Å². The van der Waals surface area contributed by atoms with Crippen LogP contribution in [0.5, 0.6) is 0 Å². The Morgan fingerprint density at radius 3 is 2.93 bits per heavy atom. The number of nitrogens with two attached hydrogens (primary N) is 1. The van der Waals surface area contributed by atoms with Gasteiger partial charge < -0.3 is 11.1 Å². The van der Waals surface area contributed by atoms with Crippen LogP contribution in [0.15, 0.2) is 0 Å². The highest BCUT2D eigenvalue weighted by Gasteiger charge is 2.37. The summed E-state index contributed by atoms with van der Waals surface area (Å²) in [5.41, 5.74) is 5.54. The van der Waals surface area contributed by atoms with Crippen LogP contribution in [0.2, 0.25) is 0 Å². The van der Waals surface area contributed by atoms with E-state index in [4.69, 9.17) is 5.73 Å². The average Bonchev–Trinajstić information content (AvgIpc) is 2.23. The Labute approximate surface area is 94.0 Å². The first-order chi connectivity index (χ1) is 7.31. The fourth-order valence-corrected chi connectivity index (χ4v) is 3.75. The molecule has 0 radical (unpaired) electrons. The monoisotopic (exact) mass is 210 g/mol. The van der Waals surface area contributed by atoms with Gasteiger partial charge in [-0.15, -0.1) is 0 Å². The quantitative estimate of drug-likeness (QED) is 0.698. The lowest BCUT2D eigenvalue weighted by atomic mass is 9.65. The second-order valence-electron chi connectivity index (χ2n) is 5.63. The van der Waals surface area contributed by atoms with Gasteiger partial charge in [-0.2, -0.15) is 0 Å². The SMILES string of the molecule is CC1CC2CCCC(C2)C1NCCCN. The lowest BCUT2D eigenvalue weighted by Crippen LogP contribution is -2.48. The molecule has 2 saturated carbocycles. The number of hydrogen-bond acceptors (Lipinski definition) is 2. The standard InChI is InChI=1S/C13H26N2/c1-10-8-11-4-2-5-12(9-11)13(10)15-7-3-6-14/h10-13,15H,2-9,14H2,1H3. The topological polar surface area (TPSA) is 38.0 Å². The summed E-state index contributed by atoms with van der Waals surface area (Å²) < 4.78 is 0. The Morgan fingerprint density at radius 2 is 2.13 bits per heavy atom. The number of fused-ring (bicyclic) bond motifs is 2. The Hall–Kier alpha value is -0.0800. The van der Waals surface area contributed by atoms with Gasteiger partial charge in [0.2, 0.25) is 0 Å². The van der Waals surface area contributed by atoms with E-state index in [9.17, 15) is 0 Å². The fraction of sp³-hybridized carbons (Fsp3) is 1.00. The molecule has 0 saturated heterocycles. The van der Waals surface area contributed by atoms with Gasteiger partial charge in [0.1, 0.15) is 0 Å². The normalized spacial score (nSPS) is 40.4. The molecule has 4 atom stereocenters. The summed E-state index contributed by atoms with van der Waals surface area (Å²) in [6.45, 7) is 4.37. The van der Waals surface area contributed by atoms with E-state index in [1.54, 1.807) is 0 Å². The molecular formula is C13H26N2. The maximum atomic E-state index is 5.54. The summed E-state index contributed by atoms with van der Waals surface area (Å²) in [5.74, 6) is 2.89. The Bertz CT molecular complexity index is 191. The molecule has 0 aliphatic heterocycles. The summed E-state index contributed by atoms with van der Waals surface area (Å²) in [5, 5.41) is 3.75. The maximum Gasteiger partial charge on any atom is 0.0121 e. The third-order valence-electron chi connectivity index (χ3n) is 4.41. The molecule has 2 heteroatoms. The van der Waals surface area contributed by atoms with E-state index in [2.05, 4.69) is 12.2 Å². The van der Waals surface area contributed by atoms with Crippen molar-refractivity contribution < 1.29 is 0 Å². The molecule has 2 rings (SSSR count). The minimum Gasteiger partial charge on any atom is -0.330 e. The van der Waals surface area contributed by atoms with Crippen molar-refractivity contribution >= 4 is 0 Å². The van der Waals surface area contributed by atoms with E-state index in [-0.39, 0.29) is 0 Å². The van der Waals surface area contributed by atoms with Gasteiger partial charge in [0.05, 0.1) is 0 Å². The van der Waals surface area contributed by atoms with Gasteiger partial charge in [-0.25, -0.2) is 0 Å². The second-order valence-corrected chi connectivity index (χ2v) is 5.63. The molecule has 0 aromatic heterocycles. The molecule has 0 spiro atoms. The predicted molar refractivity (Wildman–Crippen MR) is 64.7 cm³/mol. The Balaban J connectivity index is 1.85. The third kappa shape index (κ3) is 2.73. The van der Waals surface area contributed by atoms with Gasteiger partial charge in [-0.05, 0) is 56.5 Å². The van der Waals surface area contributed by atoms with Gasteiger partial charge in [-0.3, -0.25) is 0 Å². The van der Waals surface area contributed by atoms with Crippen LogP contribution in [0.4, 0.5) is 0 Å². The number of hydrogen-bond donors (Lipinski definition) is 2. The van der Waals surface area contributed by atoms with Crippen LogP contribution in [0, 0.1) is 17.8 Å². The van der Waals surface area contributed by atoms with Gasteiger partial charge in [0, 0.05) is 6.04 Å². The zero-order valence-electron chi connectivity index (χ0n) is 10.0. The zero-order chi connectivity index (χ0) is 10.7. The summed E-state index contributed by atoms with van der Waals surface area (Å²) >= 11 is 0. The molecule has 2 aliphatic rings. The highest BCUT2D eigenvalue weighted by molar-refractivity contribution is 4.91. The minimum absolute atomic E-state index is 0.785. The van der Waals surface area contributed by atoms with Crippen LogP contribution in [0.3, 0.4) is 0 Å². The predicted octanol–water partition coefficient (Wildman–Crippen LogP) is 2.14. The van der Waals surface area contributed by atoms with Gasteiger partial charge >= 0.3 is 0 Å². The lowest BCUT2D eigenvalue weighted by Gasteiger charge is -2.44. The molecule has 2 nitrogen and oxygen atoms in total.